The maximum Gasteiger partial charge on any atom is 0.431 e. The Morgan fingerprint density at radius 2 is 1.76 bits per heavy atom. The fourth-order valence-corrected chi connectivity index (χ4v) is 3.61. The zero-order chi connectivity index (χ0) is 21.6. The Balaban J connectivity index is 2.19. The first-order valence-corrected chi connectivity index (χ1v) is 9.59. The fraction of sp³-hybridized carbons (Fsp3) is 0.444. The number of Topliss-reactive ketones (excluding diaryl/α,β-unsaturated/α-hetero) is 1. The van der Waals surface area contributed by atoms with Gasteiger partial charge >= 0.3 is 6.18 Å². The Hall–Kier alpha value is -2.13. The predicted molar refractivity (Wildman–Crippen MR) is 103 cm³/mol. The first kappa shape index (κ1) is 23.2. The van der Waals surface area contributed by atoms with E-state index in [9.17, 15) is 22.8 Å². The van der Waals surface area contributed by atoms with E-state index in [1.165, 1.54) is 12.4 Å². The van der Waals surface area contributed by atoms with Crippen molar-refractivity contribution in [3.8, 4) is 0 Å². The van der Waals surface area contributed by atoms with Crippen LogP contribution in [-0.4, -0.2) is 41.7 Å². The average Bonchev–Trinajstić information content (AvgIpc) is 2.66. The van der Waals surface area contributed by atoms with E-state index in [2.05, 4.69) is 15.6 Å². The van der Waals surface area contributed by atoms with Crippen molar-refractivity contribution >= 4 is 41.1 Å². The number of hydrogen-bond donors (Lipinski definition) is 3. The van der Waals surface area contributed by atoms with E-state index >= 15 is 0 Å². The van der Waals surface area contributed by atoms with Crippen LogP contribution in [0.3, 0.4) is 0 Å². The molecule has 1 aliphatic rings. The molecule has 3 N–H and O–H groups in total. The molecule has 0 atom stereocenters. The Morgan fingerprint density at radius 3 is 2.28 bits per heavy atom. The van der Waals surface area contributed by atoms with E-state index in [-0.39, 0.29) is 15.6 Å². The van der Waals surface area contributed by atoms with Crippen LogP contribution in [-0.2, 0) is 4.79 Å². The number of nitrogens with zero attached hydrogens (tertiary/aromatic N) is 1. The summed E-state index contributed by atoms with van der Waals surface area (Å²) in [5.74, 6) is -1.90. The number of rotatable bonds is 7. The van der Waals surface area contributed by atoms with Crippen LogP contribution in [0, 0.1) is 5.41 Å². The molecule has 29 heavy (non-hydrogen) atoms. The lowest BCUT2D eigenvalue weighted by molar-refractivity contribution is -0.119. The van der Waals surface area contributed by atoms with E-state index in [1.54, 1.807) is 0 Å². The van der Waals surface area contributed by atoms with Gasteiger partial charge in [-0.15, -0.1) is 0 Å². The second-order valence-corrected chi connectivity index (χ2v) is 7.31. The largest absolute Gasteiger partial charge is 0.431 e. The third kappa shape index (κ3) is 6.17. The number of nitrogens with one attached hydrogen (secondary N) is 3. The standard InChI is InChI=1S/C18H19Cl2F3N4O2/c19-12-7-25-8-13(20)15(12)14(28)9-26-17(29)11(6-24)16(18(21,22)23)27-10-4-2-1-3-5-10/h6-8,10,24,27H,1-5,9H2,(H,26,29)/b16-11+,24-6?. The van der Waals surface area contributed by atoms with Gasteiger partial charge in [-0.3, -0.25) is 14.6 Å². The Morgan fingerprint density at radius 1 is 1.17 bits per heavy atom. The molecule has 0 bridgehead atoms. The molecule has 0 aliphatic heterocycles. The van der Waals surface area contributed by atoms with Crippen LogP contribution in [0.2, 0.25) is 10.0 Å². The number of carbonyl (C=O) groups excluding carboxylic acids is 2. The summed E-state index contributed by atoms with van der Waals surface area (Å²) in [6, 6.07) is -0.431. The number of halogens is 5. The van der Waals surface area contributed by atoms with Gasteiger partial charge in [0.2, 0.25) is 0 Å². The van der Waals surface area contributed by atoms with Crippen LogP contribution < -0.4 is 10.6 Å². The maximum atomic E-state index is 13.5. The van der Waals surface area contributed by atoms with E-state index in [0.29, 0.717) is 19.1 Å². The van der Waals surface area contributed by atoms with E-state index in [1.807, 2.05) is 0 Å². The van der Waals surface area contributed by atoms with Gasteiger partial charge in [-0.2, -0.15) is 13.2 Å². The van der Waals surface area contributed by atoms with Gasteiger partial charge in [0.15, 0.2) is 5.78 Å². The first-order chi connectivity index (χ1) is 13.6. The van der Waals surface area contributed by atoms with E-state index in [0.717, 1.165) is 19.3 Å². The minimum atomic E-state index is -4.86. The van der Waals surface area contributed by atoms with Crippen LogP contribution in [0.15, 0.2) is 23.7 Å². The lowest BCUT2D eigenvalue weighted by atomic mass is 9.95. The number of amides is 1. The van der Waals surface area contributed by atoms with Crippen molar-refractivity contribution in [2.45, 2.75) is 44.3 Å². The van der Waals surface area contributed by atoms with Gasteiger partial charge < -0.3 is 16.0 Å². The van der Waals surface area contributed by atoms with E-state index < -0.39 is 41.7 Å². The van der Waals surface area contributed by atoms with Gasteiger partial charge in [-0.25, -0.2) is 0 Å². The van der Waals surface area contributed by atoms with Gasteiger partial charge in [-0.1, -0.05) is 42.5 Å². The Kier molecular flexibility index (Phi) is 8.04. The molecule has 2 rings (SSSR count). The first-order valence-electron chi connectivity index (χ1n) is 8.84. The second-order valence-electron chi connectivity index (χ2n) is 6.49. The number of aromatic nitrogens is 1. The molecule has 0 radical (unpaired) electrons. The zero-order valence-electron chi connectivity index (χ0n) is 15.2. The molecule has 1 aromatic heterocycles. The third-order valence-corrected chi connectivity index (χ3v) is 5.01. The molecule has 0 aromatic carbocycles. The highest BCUT2D eigenvalue weighted by molar-refractivity contribution is 6.39. The number of carbonyl (C=O) groups is 2. The van der Waals surface area contributed by atoms with Crippen molar-refractivity contribution < 1.29 is 22.8 Å². The van der Waals surface area contributed by atoms with Crippen molar-refractivity contribution in [1.29, 1.82) is 5.41 Å². The summed E-state index contributed by atoms with van der Waals surface area (Å²) >= 11 is 11.7. The number of ketones is 1. The molecule has 0 saturated heterocycles. The summed E-state index contributed by atoms with van der Waals surface area (Å²) in [5.41, 5.74) is -2.28. The molecule has 0 unspecified atom stereocenters. The van der Waals surface area contributed by atoms with Crippen LogP contribution >= 0.6 is 23.2 Å². The van der Waals surface area contributed by atoms with Crippen LogP contribution in [0.5, 0.6) is 0 Å². The van der Waals surface area contributed by atoms with Crippen LogP contribution in [0.25, 0.3) is 0 Å². The lowest BCUT2D eigenvalue weighted by Gasteiger charge is -2.27. The van der Waals surface area contributed by atoms with Crippen molar-refractivity contribution in [3.05, 3.63) is 39.3 Å². The molecule has 1 amide bonds. The fourth-order valence-electron chi connectivity index (χ4n) is 3.04. The summed E-state index contributed by atoms with van der Waals surface area (Å²) in [6.07, 6.45) is 1.45. The highest BCUT2D eigenvalue weighted by Crippen LogP contribution is 2.29. The second kappa shape index (κ2) is 10.1. The molecular weight excluding hydrogens is 432 g/mol. The van der Waals surface area contributed by atoms with Crippen molar-refractivity contribution in [1.82, 2.24) is 15.6 Å². The molecule has 1 aromatic rings. The number of pyridine rings is 1. The number of hydrogen-bond acceptors (Lipinski definition) is 5. The maximum absolute atomic E-state index is 13.5. The summed E-state index contributed by atoms with van der Waals surface area (Å²) in [5, 5.41) is 11.7. The minimum Gasteiger partial charge on any atom is -0.378 e. The summed E-state index contributed by atoms with van der Waals surface area (Å²) in [7, 11) is 0. The molecule has 1 aliphatic carbocycles. The van der Waals surface area contributed by atoms with Crippen LogP contribution in [0.4, 0.5) is 13.2 Å². The monoisotopic (exact) mass is 450 g/mol. The predicted octanol–water partition coefficient (Wildman–Crippen LogP) is 4.08. The highest BCUT2D eigenvalue weighted by atomic mass is 35.5. The molecule has 0 spiro atoms. The summed E-state index contributed by atoms with van der Waals surface area (Å²) in [4.78, 5) is 28.3. The lowest BCUT2D eigenvalue weighted by Crippen LogP contribution is -2.40. The average molecular weight is 451 g/mol. The van der Waals surface area contributed by atoms with Gasteiger partial charge in [0, 0.05) is 24.7 Å². The van der Waals surface area contributed by atoms with Gasteiger partial charge in [0.1, 0.15) is 5.70 Å². The summed E-state index contributed by atoms with van der Waals surface area (Å²) < 4.78 is 40.6. The quantitative estimate of drug-likeness (QED) is 0.331. The molecular formula is C18H19Cl2F3N4O2. The molecule has 1 fully saturated rings. The number of allylic oxidation sites excluding steroid dienone is 1. The molecule has 11 heteroatoms. The van der Waals surface area contributed by atoms with Crippen molar-refractivity contribution in [2.24, 2.45) is 0 Å². The van der Waals surface area contributed by atoms with Gasteiger partial charge in [0.05, 0.1) is 27.7 Å². The normalized spacial score (nSPS) is 16.0. The Labute approximate surface area is 175 Å². The highest BCUT2D eigenvalue weighted by Gasteiger charge is 2.39. The molecule has 6 nitrogen and oxygen atoms in total. The molecule has 158 valence electrons. The molecule has 1 saturated carbocycles. The number of alkyl halides is 3. The third-order valence-electron chi connectivity index (χ3n) is 4.44. The van der Waals surface area contributed by atoms with E-state index in [4.69, 9.17) is 28.6 Å². The molecule has 1 heterocycles. The van der Waals surface area contributed by atoms with Crippen molar-refractivity contribution in [3.63, 3.8) is 0 Å². The smallest absolute Gasteiger partial charge is 0.378 e. The van der Waals surface area contributed by atoms with Gasteiger partial charge in [0.25, 0.3) is 5.91 Å². The summed E-state index contributed by atoms with van der Waals surface area (Å²) in [6.45, 7) is -0.645. The van der Waals surface area contributed by atoms with Crippen molar-refractivity contribution in [2.75, 3.05) is 6.54 Å². The SMILES string of the molecule is N=C/C(C(=O)NCC(=O)c1c(Cl)cncc1Cl)=C(\NC1CCCCC1)C(F)(F)F. The minimum absolute atomic E-state index is 0.0467. The van der Waals surface area contributed by atoms with Gasteiger partial charge in [-0.05, 0) is 12.8 Å². The zero-order valence-corrected chi connectivity index (χ0v) is 16.7. The Bertz CT molecular complexity index is 802. The van der Waals surface area contributed by atoms with Crippen LogP contribution in [0.1, 0.15) is 42.5 Å². The topological polar surface area (TPSA) is 94.9 Å².